The number of aromatic nitrogens is 2. The van der Waals surface area contributed by atoms with Gasteiger partial charge in [0, 0.05) is 22.3 Å². The highest BCUT2D eigenvalue weighted by Crippen LogP contribution is 2.38. The summed E-state index contributed by atoms with van der Waals surface area (Å²) in [4.78, 5) is 15.5. The second-order valence-corrected chi connectivity index (χ2v) is 9.78. The minimum atomic E-state index is -0.168. The summed E-state index contributed by atoms with van der Waals surface area (Å²) in [5.74, 6) is 0.580. The summed E-state index contributed by atoms with van der Waals surface area (Å²) < 4.78 is 7.80. The summed E-state index contributed by atoms with van der Waals surface area (Å²) in [6, 6.07) is 24.7. The van der Waals surface area contributed by atoms with Crippen molar-refractivity contribution in [2.45, 2.75) is 6.92 Å². The molecule has 1 aliphatic heterocycles. The Kier molecular flexibility index (Phi) is 6.72. The molecule has 35 heavy (non-hydrogen) atoms. The van der Waals surface area contributed by atoms with Gasteiger partial charge >= 0.3 is 0 Å². The fourth-order valence-corrected chi connectivity index (χ4v) is 5.14. The van der Waals surface area contributed by atoms with E-state index < -0.39 is 0 Å². The SMILES string of the molecule is CCOc1ccc(N2C(=O)C(=Cc3cn(-c4ccccc4)nc3-c3ccc(Cl)cc3)SC2=S)cc1. The summed E-state index contributed by atoms with van der Waals surface area (Å²) in [6.07, 6.45) is 3.77. The number of halogens is 1. The number of para-hydroxylation sites is 1. The average molecular weight is 518 g/mol. The van der Waals surface area contributed by atoms with Crippen molar-refractivity contribution in [1.82, 2.24) is 9.78 Å². The van der Waals surface area contributed by atoms with Crippen LogP contribution in [0.15, 0.2) is 90.0 Å². The number of nitrogens with zero attached hydrogens (tertiary/aromatic N) is 3. The largest absolute Gasteiger partial charge is 0.494 e. The summed E-state index contributed by atoms with van der Waals surface area (Å²) in [6.45, 7) is 2.51. The standard InChI is InChI=1S/C27H20ClN3O2S2/c1-2-33-23-14-12-22(13-15-23)31-26(32)24(35-27(31)34)16-19-17-30(21-6-4-3-5-7-21)29-25(19)18-8-10-20(28)11-9-18/h3-17H,2H2,1H3. The molecule has 5 rings (SSSR count). The molecule has 174 valence electrons. The molecule has 0 aliphatic carbocycles. The zero-order chi connectivity index (χ0) is 24.4. The van der Waals surface area contributed by atoms with Gasteiger partial charge in [0.1, 0.15) is 5.75 Å². The zero-order valence-electron chi connectivity index (χ0n) is 18.7. The minimum Gasteiger partial charge on any atom is -0.494 e. The topological polar surface area (TPSA) is 47.4 Å². The molecule has 0 unspecified atom stereocenters. The number of anilines is 1. The van der Waals surface area contributed by atoms with Crippen molar-refractivity contribution < 1.29 is 9.53 Å². The first-order valence-corrected chi connectivity index (χ1v) is 12.6. The predicted molar refractivity (Wildman–Crippen MR) is 147 cm³/mol. The number of thioether (sulfide) groups is 1. The van der Waals surface area contributed by atoms with Crippen molar-refractivity contribution >= 4 is 57.6 Å². The van der Waals surface area contributed by atoms with Gasteiger partial charge in [-0.3, -0.25) is 9.69 Å². The number of rotatable bonds is 6. The van der Waals surface area contributed by atoms with E-state index in [0.29, 0.717) is 26.5 Å². The number of hydrogen-bond donors (Lipinski definition) is 0. The van der Waals surface area contributed by atoms with Crippen LogP contribution in [0.1, 0.15) is 12.5 Å². The highest BCUT2D eigenvalue weighted by Gasteiger charge is 2.33. The Morgan fingerprint density at radius 3 is 2.40 bits per heavy atom. The van der Waals surface area contributed by atoms with Gasteiger partial charge < -0.3 is 4.74 Å². The third-order valence-corrected chi connectivity index (χ3v) is 6.92. The lowest BCUT2D eigenvalue weighted by atomic mass is 10.1. The van der Waals surface area contributed by atoms with Crippen molar-refractivity contribution in [1.29, 1.82) is 0 Å². The van der Waals surface area contributed by atoms with E-state index in [-0.39, 0.29) is 5.91 Å². The highest BCUT2D eigenvalue weighted by atomic mass is 35.5. The zero-order valence-corrected chi connectivity index (χ0v) is 21.1. The minimum absolute atomic E-state index is 0.168. The van der Waals surface area contributed by atoms with E-state index in [1.54, 1.807) is 4.90 Å². The van der Waals surface area contributed by atoms with Crippen LogP contribution in [0.2, 0.25) is 5.02 Å². The van der Waals surface area contributed by atoms with Crippen LogP contribution in [-0.2, 0) is 4.79 Å². The smallest absolute Gasteiger partial charge is 0.270 e. The lowest BCUT2D eigenvalue weighted by molar-refractivity contribution is -0.113. The lowest BCUT2D eigenvalue weighted by Crippen LogP contribution is -2.27. The van der Waals surface area contributed by atoms with Gasteiger partial charge in [-0.25, -0.2) is 4.68 Å². The van der Waals surface area contributed by atoms with Gasteiger partial charge in [-0.15, -0.1) is 0 Å². The van der Waals surface area contributed by atoms with Crippen LogP contribution in [0.25, 0.3) is 23.0 Å². The molecular formula is C27H20ClN3O2S2. The van der Waals surface area contributed by atoms with Crippen LogP contribution in [0.3, 0.4) is 0 Å². The third kappa shape index (κ3) is 4.89. The van der Waals surface area contributed by atoms with E-state index in [0.717, 1.165) is 28.3 Å². The number of hydrogen-bond acceptors (Lipinski definition) is 5. The van der Waals surface area contributed by atoms with Crippen molar-refractivity contribution in [2.75, 3.05) is 11.5 Å². The van der Waals surface area contributed by atoms with E-state index in [4.69, 9.17) is 33.7 Å². The van der Waals surface area contributed by atoms with Gasteiger partial charge in [0.25, 0.3) is 5.91 Å². The molecule has 3 aromatic carbocycles. The first-order chi connectivity index (χ1) is 17.0. The van der Waals surface area contributed by atoms with E-state index >= 15 is 0 Å². The van der Waals surface area contributed by atoms with Crippen LogP contribution in [0, 0.1) is 0 Å². The lowest BCUT2D eigenvalue weighted by Gasteiger charge is -2.15. The number of carbonyl (C=O) groups is 1. The Morgan fingerprint density at radius 2 is 1.71 bits per heavy atom. The van der Waals surface area contributed by atoms with Gasteiger partial charge in [0.2, 0.25) is 0 Å². The molecule has 1 saturated heterocycles. The van der Waals surface area contributed by atoms with Gasteiger partial charge in [0.15, 0.2) is 4.32 Å². The fraction of sp³-hybridized carbons (Fsp3) is 0.0741. The highest BCUT2D eigenvalue weighted by molar-refractivity contribution is 8.27. The number of thiocarbonyl (C=S) groups is 1. The molecule has 2 heterocycles. The molecule has 0 atom stereocenters. The fourth-order valence-electron chi connectivity index (χ4n) is 3.73. The Bertz CT molecular complexity index is 1420. The first kappa shape index (κ1) is 23.4. The molecule has 1 aromatic heterocycles. The van der Waals surface area contributed by atoms with E-state index in [2.05, 4.69) is 0 Å². The third-order valence-electron chi connectivity index (χ3n) is 5.37. The Labute approximate surface area is 218 Å². The predicted octanol–water partition coefficient (Wildman–Crippen LogP) is 7.00. The number of amides is 1. The maximum Gasteiger partial charge on any atom is 0.270 e. The summed E-state index contributed by atoms with van der Waals surface area (Å²) >= 11 is 12.9. The quantitative estimate of drug-likeness (QED) is 0.203. The monoisotopic (exact) mass is 517 g/mol. The van der Waals surface area contributed by atoms with Crippen LogP contribution >= 0.6 is 35.6 Å². The van der Waals surface area contributed by atoms with Crippen LogP contribution < -0.4 is 9.64 Å². The van der Waals surface area contributed by atoms with Gasteiger partial charge in [-0.2, -0.15) is 5.10 Å². The van der Waals surface area contributed by atoms with Crippen molar-refractivity contribution in [3.05, 3.63) is 101 Å². The molecule has 0 saturated carbocycles. The number of carbonyl (C=O) groups excluding carboxylic acids is 1. The molecule has 4 aromatic rings. The van der Waals surface area contributed by atoms with Crippen LogP contribution in [-0.4, -0.2) is 26.6 Å². The average Bonchev–Trinajstić information content (AvgIpc) is 3.41. The second kappa shape index (κ2) is 10.1. The number of ether oxygens (including phenoxy) is 1. The number of benzene rings is 3. The molecule has 0 spiro atoms. The molecule has 1 amide bonds. The Morgan fingerprint density at radius 1 is 1.00 bits per heavy atom. The molecule has 5 nitrogen and oxygen atoms in total. The van der Waals surface area contributed by atoms with E-state index in [1.165, 1.54) is 11.8 Å². The maximum atomic E-state index is 13.4. The summed E-state index contributed by atoms with van der Waals surface area (Å²) in [5.41, 5.74) is 4.08. The Balaban J connectivity index is 1.52. The van der Waals surface area contributed by atoms with Crippen LogP contribution in [0.5, 0.6) is 5.75 Å². The van der Waals surface area contributed by atoms with Crippen molar-refractivity contribution in [3.63, 3.8) is 0 Å². The molecule has 8 heteroatoms. The molecule has 0 N–H and O–H groups in total. The first-order valence-electron chi connectivity index (χ1n) is 11.0. The Hall–Kier alpha value is -3.39. The van der Waals surface area contributed by atoms with Gasteiger partial charge in [-0.1, -0.05) is 65.9 Å². The van der Waals surface area contributed by atoms with Crippen molar-refractivity contribution in [2.24, 2.45) is 0 Å². The second-order valence-electron chi connectivity index (χ2n) is 7.66. The normalized spacial score (nSPS) is 14.7. The van der Waals surface area contributed by atoms with E-state index in [9.17, 15) is 4.79 Å². The van der Waals surface area contributed by atoms with Gasteiger partial charge in [0.05, 0.1) is 28.6 Å². The molecule has 0 radical (unpaired) electrons. The molecule has 1 fully saturated rings. The van der Waals surface area contributed by atoms with E-state index in [1.807, 2.05) is 103 Å². The molecular weight excluding hydrogens is 498 g/mol. The molecule has 0 bridgehead atoms. The summed E-state index contributed by atoms with van der Waals surface area (Å²) in [7, 11) is 0. The van der Waals surface area contributed by atoms with Gasteiger partial charge in [-0.05, 0) is 61.5 Å². The van der Waals surface area contributed by atoms with Crippen molar-refractivity contribution in [3.8, 4) is 22.7 Å². The van der Waals surface area contributed by atoms with Crippen LogP contribution in [0.4, 0.5) is 5.69 Å². The molecule has 1 aliphatic rings. The summed E-state index contributed by atoms with van der Waals surface area (Å²) in [5, 5.41) is 5.47. The maximum absolute atomic E-state index is 13.4.